The standard InChI is InChI=1S/C40H42N4O/c1-24(2)40-39(38-27(5)11-10-12-28(38)6)29(7)42-44(40)30-19-26(4)20-32(22-30)45-31-15-16-34-33-13-8-9-14-35(33)43(36(34)23-31)37-21-25(3)17-18-41-37/h8-9,11,13-24,28,38H,10,12H2,1-7H3/t28-,38?/m0/s1. The van der Waals surface area contributed by atoms with Gasteiger partial charge in [0.25, 0.3) is 0 Å². The Hall–Kier alpha value is -4.64. The highest BCUT2D eigenvalue weighted by Crippen LogP contribution is 2.44. The van der Waals surface area contributed by atoms with E-state index in [2.05, 4.69) is 131 Å². The third-order valence-electron chi connectivity index (χ3n) is 9.44. The van der Waals surface area contributed by atoms with Crippen molar-refractivity contribution in [3.05, 3.63) is 119 Å². The van der Waals surface area contributed by atoms with Gasteiger partial charge in [0.2, 0.25) is 0 Å². The number of aromatic nitrogens is 4. The molecule has 45 heavy (non-hydrogen) atoms. The second-order valence-corrected chi connectivity index (χ2v) is 13.3. The van der Waals surface area contributed by atoms with Crippen LogP contribution in [-0.2, 0) is 0 Å². The molecule has 3 heterocycles. The molecule has 0 amide bonds. The summed E-state index contributed by atoms with van der Waals surface area (Å²) in [6, 6.07) is 25.5. The Bertz CT molecular complexity index is 2090. The van der Waals surface area contributed by atoms with Crippen LogP contribution in [0.5, 0.6) is 11.5 Å². The number of hydrogen-bond acceptors (Lipinski definition) is 3. The molecule has 0 spiro atoms. The van der Waals surface area contributed by atoms with E-state index in [9.17, 15) is 0 Å². The summed E-state index contributed by atoms with van der Waals surface area (Å²) >= 11 is 0. The largest absolute Gasteiger partial charge is 0.457 e. The average molecular weight is 595 g/mol. The molecule has 0 saturated carbocycles. The number of rotatable bonds is 6. The van der Waals surface area contributed by atoms with Crippen molar-refractivity contribution in [1.29, 1.82) is 0 Å². The number of nitrogens with zero attached hydrogens (tertiary/aromatic N) is 4. The van der Waals surface area contributed by atoms with Crippen molar-refractivity contribution >= 4 is 21.8 Å². The first kappa shape index (κ1) is 29.1. The van der Waals surface area contributed by atoms with Crippen molar-refractivity contribution in [3.63, 3.8) is 0 Å². The van der Waals surface area contributed by atoms with Crippen molar-refractivity contribution < 1.29 is 4.74 Å². The molecule has 0 aliphatic heterocycles. The first-order valence-electron chi connectivity index (χ1n) is 16.2. The molecule has 0 N–H and O–H groups in total. The summed E-state index contributed by atoms with van der Waals surface area (Å²) in [5.74, 6) is 3.82. The number of para-hydroxylation sites is 1. The van der Waals surface area contributed by atoms with Crippen LogP contribution < -0.4 is 4.74 Å². The number of benzene rings is 3. The lowest BCUT2D eigenvalue weighted by molar-refractivity contribution is 0.445. The lowest BCUT2D eigenvalue weighted by Gasteiger charge is -2.30. The molecule has 0 saturated heterocycles. The second-order valence-electron chi connectivity index (χ2n) is 13.3. The molecule has 5 heteroatoms. The fraction of sp³-hybridized carbons (Fsp3) is 0.300. The molecule has 3 aromatic carbocycles. The van der Waals surface area contributed by atoms with Gasteiger partial charge in [0.05, 0.1) is 28.1 Å². The van der Waals surface area contributed by atoms with E-state index in [0.717, 1.165) is 45.3 Å². The lowest BCUT2D eigenvalue weighted by Crippen LogP contribution is -2.18. The third kappa shape index (κ3) is 5.14. The highest BCUT2D eigenvalue weighted by molar-refractivity contribution is 6.09. The Labute approximate surface area is 266 Å². The van der Waals surface area contributed by atoms with E-state index in [-0.39, 0.29) is 0 Å². The van der Waals surface area contributed by atoms with Crippen molar-refractivity contribution in [3.8, 4) is 23.0 Å². The van der Waals surface area contributed by atoms with Crippen molar-refractivity contribution in [1.82, 2.24) is 19.3 Å². The van der Waals surface area contributed by atoms with Crippen molar-refractivity contribution in [2.75, 3.05) is 0 Å². The number of hydrogen-bond donors (Lipinski definition) is 0. The SMILES string of the molecule is CC1=CCC[C@H](C)C1c1c(C)nn(-c2cc(C)cc(Oc3ccc4c5ccccc5n(-c5cc(C)ccn5)c4c3)c2)c1C(C)C. The van der Waals surface area contributed by atoms with Crippen molar-refractivity contribution in [2.45, 2.75) is 73.1 Å². The maximum absolute atomic E-state index is 6.64. The zero-order chi connectivity index (χ0) is 31.4. The van der Waals surface area contributed by atoms with E-state index < -0.39 is 0 Å². The third-order valence-corrected chi connectivity index (χ3v) is 9.44. The van der Waals surface area contributed by atoms with E-state index in [0.29, 0.717) is 17.8 Å². The molecule has 3 aromatic heterocycles. The van der Waals surface area contributed by atoms with Crippen molar-refractivity contribution in [2.24, 2.45) is 5.92 Å². The van der Waals surface area contributed by atoms with Crippen LogP contribution in [0.2, 0.25) is 0 Å². The molecule has 1 aliphatic carbocycles. The smallest absolute Gasteiger partial charge is 0.137 e. The first-order valence-corrected chi connectivity index (χ1v) is 16.2. The predicted molar refractivity (Wildman–Crippen MR) is 185 cm³/mol. The van der Waals surface area contributed by atoms with E-state index in [1.807, 2.05) is 12.3 Å². The lowest BCUT2D eigenvalue weighted by atomic mass is 9.74. The van der Waals surface area contributed by atoms with Crippen LogP contribution in [0.3, 0.4) is 0 Å². The molecule has 7 rings (SSSR count). The van der Waals surface area contributed by atoms with Crippen LogP contribution in [0.25, 0.3) is 33.3 Å². The molecule has 228 valence electrons. The van der Waals surface area contributed by atoms with Gasteiger partial charge in [0.1, 0.15) is 17.3 Å². The fourth-order valence-electron chi connectivity index (χ4n) is 7.47. The van der Waals surface area contributed by atoms with Crippen LogP contribution in [0.1, 0.15) is 80.5 Å². The zero-order valence-corrected chi connectivity index (χ0v) is 27.4. The van der Waals surface area contributed by atoms with Crippen LogP contribution in [0, 0.1) is 26.7 Å². The van der Waals surface area contributed by atoms with Gasteiger partial charge in [-0.25, -0.2) is 9.67 Å². The van der Waals surface area contributed by atoms with Gasteiger partial charge in [-0.3, -0.25) is 4.57 Å². The molecular formula is C40H42N4O. The first-order chi connectivity index (χ1) is 21.7. The summed E-state index contributed by atoms with van der Waals surface area (Å²) in [4.78, 5) is 4.74. The van der Waals surface area contributed by atoms with Crippen LogP contribution in [0.15, 0.2) is 90.6 Å². The van der Waals surface area contributed by atoms with E-state index in [1.54, 1.807) is 0 Å². The average Bonchev–Trinajstić information content (AvgIpc) is 3.51. The maximum Gasteiger partial charge on any atom is 0.137 e. The topological polar surface area (TPSA) is 44.9 Å². The zero-order valence-electron chi connectivity index (χ0n) is 27.4. The molecule has 1 aliphatic rings. The number of allylic oxidation sites excluding steroid dienone is 2. The monoisotopic (exact) mass is 594 g/mol. The van der Waals surface area contributed by atoms with Gasteiger partial charge in [0.15, 0.2) is 0 Å². The summed E-state index contributed by atoms with van der Waals surface area (Å²) in [7, 11) is 0. The Kier molecular flexibility index (Phi) is 7.35. The van der Waals surface area contributed by atoms with Gasteiger partial charge in [-0.15, -0.1) is 0 Å². The molecular weight excluding hydrogens is 552 g/mol. The van der Waals surface area contributed by atoms with Gasteiger partial charge in [0, 0.05) is 40.6 Å². The van der Waals surface area contributed by atoms with E-state index in [4.69, 9.17) is 14.8 Å². The van der Waals surface area contributed by atoms with E-state index in [1.165, 1.54) is 46.0 Å². The number of fused-ring (bicyclic) bond motifs is 3. The highest BCUT2D eigenvalue weighted by Gasteiger charge is 2.31. The number of pyridine rings is 1. The molecule has 0 radical (unpaired) electrons. The predicted octanol–water partition coefficient (Wildman–Crippen LogP) is 10.7. The minimum absolute atomic E-state index is 0.326. The quantitative estimate of drug-likeness (QED) is 0.180. The molecule has 2 atom stereocenters. The number of ether oxygens (including phenoxy) is 1. The number of aryl methyl sites for hydroxylation is 3. The summed E-state index contributed by atoms with van der Waals surface area (Å²) in [6.45, 7) is 15.7. The highest BCUT2D eigenvalue weighted by atomic mass is 16.5. The molecule has 6 aromatic rings. The normalized spacial score (nSPS) is 16.9. The van der Waals surface area contributed by atoms with Gasteiger partial charge >= 0.3 is 0 Å². The Morgan fingerprint density at radius 1 is 0.822 bits per heavy atom. The minimum atomic E-state index is 0.326. The van der Waals surface area contributed by atoms with Gasteiger partial charge < -0.3 is 4.74 Å². The second kappa shape index (κ2) is 11.4. The van der Waals surface area contributed by atoms with E-state index >= 15 is 0 Å². The Balaban J connectivity index is 1.32. The van der Waals surface area contributed by atoms with Gasteiger partial charge in [-0.2, -0.15) is 5.10 Å². The summed E-state index contributed by atoms with van der Waals surface area (Å²) in [5.41, 5.74) is 10.8. The summed E-state index contributed by atoms with van der Waals surface area (Å²) in [5, 5.41) is 7.55. The summed E-state index contributed by atoms with van der Waals surface area (Å²) < 4.78 is 11.1. The fourth-order valence-corrected chi connectivity index (χ4v) is 7.47. The van der Waals surface area contributed by atoms with Crippen LogP contribution in [-0.4, -0.2) is 19.3 Å². The Morgan fingerprint density at radius 3 is 2.40 bits per heavy atom. The minimum Gasteiger partial charge on any atom is -0.457 e. The van der Waals surface area contributed by atoms with Crippen LogP contribution >= 0.6 is 0 Å². The Morgan fingerprint density at radius 2 is 1.62 bits per heavy atom. The molecule has 5 nitrogen and oxygen atoms in total. The summed E-state index contributed by atoms with van der Waals surface area (Å²) in [6.07, 6.45) is 6.69. The van der Waals surface area contributed by atoms with Gasteiger partial charge in [-0.1, -0.05) is 50.6 Å². The van der Waals surface area contributed by atoms with Crippen LogP contribution in [0.4, 0.5) is 0 Å². The van der Waals surface area contributed by atoms with Gasteiger partial charge in [-0.05, 0) is 106 Å². The molecule has 0 fully saturated rings. The molecule has 0 bridgehead atoms. The molecule has 1 unspecified atom stereocenters. The maximum atomic E-state index is 6.64.